The van der Waals surface area contributed by atoms with Gasteiger partial charge in [-0.25, -0.2) is 0 Å². The Labute approximate surface area is 290 Å². The van der Waals surface area contributed by atoms with Gasteiger partial charge in [0.1, 0.15) is 23.7 Å². The lowest BCUT2D eigenvalue weighted by atomic mass is 9.97. The third kappa shape index (κ3) is 7.69. The molecule has 1 aliphatic heterocycles. The number of aliphatic hydroxyl groups is 4. The van der Waals surface area contributed by atoms with E-state index in [1.54, 1.807) is 0 Å². The van der Waals surface area contributed by atoms with Gasteiger partial charge in [0.15, 0.2) is 34.7 Å². The van der Waals surface area contributed by atoms with Crippen LogP contribution in [0, 0.1) is 0 Å². The van der Waals surface area contributed by atoms with Gasteiger partial charge in [-0.1, -0.05) is 0 Å². The van der Waals surface area contributed by atoms with E-state index in [2.05, 4.69) is 0 Å². The molecular formula is C33H40O18. The van der Waals surface area contributed by atoms with Crippen molar-refractivity contribution in [2.45, 2.75) is 56.1 Å². The van der Waals surface area contributed by atoms with Crippen molar-refractivity contribution in [3.05, 3.63) is 28.4 Å². The highest BCUT2D eigenvalue weighted by Crippen LogP contribution is 2.52. The second kappa shape index (κ2) is 15.9. The molecule has 18 heteroatoms. The highest BCUT2D eigenvalue weighted by molar-refractivity contribution is 5.97. The Morgan fingerprint density at radius 2 is 1.43 bits per heavy atom. The number of carbonyl (C=O) groups excluding carboxylic acids is 1. The summed E-state index contributed by atoms with van der Waals surface area (Å²) in [6.07, 6.45) is -10.8. The predicted molar refractivity (Wildman–Crippen MR) is 173 cm³/mol. The van der Waals surface area contributed by atoms with E-state index in [-0.39, 0.29) is 51.0 Å². The fourth-order valence-electron chi connectivity index (χ4n) is 5.64. The Morgan fingerprint density at radius 1 is 0.824 bits per heavy atom. The number of aliphatic hydroxyl groups excluding tert-OH is 3. The van der Waals surface area contributed by atoms with Gasteiger partial charge in [0.05, 0.1) is 67.7 Å². The zero-order valence-electron chi connectivity index (χ0n) is 28.8. The maximum Gasteiger partial charge on any atom is 0.309 e. The van der Waals surface area contributed by atoms with Crippen molar-refractivity contribution in [1.29, 1.82) is 0 Å². The van der Waals surface area contributed by atoms with Gasteiger partial charge in [-0.15, -0.1) is 0 Å². The molecule has 1 fully saturated rings. The third-order valence-corrected chi connectivity index (χ3v) is 7.96. The molecule has 2 aromatic carbocycles. The first-order valence-electron chi connectivity index (χ1n) is 15.2. The molecule has 18 nitrogen and oxygen atoms in total. The van der Waals surface area contributed by atoms with Gasteiger partial charge in [0, 0.05) is 5.56 Å². The SMILES string of the molecule is COc1ccc(-c2oc3c(OC)c(OC)c(OC)c(OC)c3c(=O)c2O[C@@H]2O[C@H](CO)[C@@H](OC(=O)C[C@@](C)(O)CC(=O)O)[C@H](O)[C@H]2O)cc1OC. The standard InChI is InChI=1S/C33H40O18/c1-33(41,11-18(35)36)12-19(37)49-25-17(13-34)48-32(23(40)22(25)39)51-28-21(38)20-26(44-4)29(45-5)31(47-7)30(46-6)27(20)50-24(28)14-8-9-15(42-2)16(10-14)43-3/h8-10,17,22-23,25,32,34,39-41H,11-13H2,1-7H3,(H,35,36)/t17-,22-,23-,25-,32+,33+/m1/s1. The molecule has 280 valence electrons. The Bertz CT molecular complexity index is 1800. The largest absolute Gasteiger partial charge is 0.493 e. The molecule has 51 heavy (non-hydrogen) atoms. The van der Waals surface area contributed by atoms with Crippen molar-refractivity contribution < 1.29 is 82.2 Å². The zero-order valence-corrected chi connectivity index (χ0v) is 28.8. The number of methoxy groups -OCH3 is 6. The molecule has 3 aromatic rings. The highest BCUT2D eigenvalue weighted by Gasteiger charge is 2.49. The molecule has 5 N–H and O–H groups in total. The Balaban J connectivity index is 1.86. The zero-order chi connectivity index (χ0) is 37.8. The van der Waals surface area contributed by atoms with Crippen molar-refractivity contribution in [2.24, 2.45) is 0 Å². The fourth-order valence-corrected chi connectivity index (χ4v) is 5.64. The number of fused-ring (bicyclic) bond motifs is 1. The van der Waals surface area contributed by atoms with Crippen LogP contribution in [0.2, 0.25) is 0 Å². The number of hydrogen-bond donors (Lipinski definition) is 5. The quantitative estimate of drug-likeness (QED) is 0.136. The van der Waals surface area contributed by atoms with E-state index in [1.165, 1.54) is 60.9 Å². The summed E-state index contributed by atoms with van der Waals surface area (Å²) in [5.41, 5.74) is -2.86. The summed E-state index contributed by atoms with van der Waals surface area (Å²) in [7, 11) is 8.03. The van der Waals surface area contributed by atoms with E-state index in [0.717, 1.165) is 6.92 Å². The minimum Gasteiger partial charge on any atom is -0.493 e. The smallest absolute Gasteiger partial charge is 0.309 e. The summed E-state index contributed by atoms with van der Waals surface area (Å²) in [6, 6.07) is 4.51. The van der Waals surface area contributed by atoms with E-state index in [0.29, 0.717) is 5.75 Å². The van der Waals surface area contributed by atoms with Crippen molar-refractivity contribution in [3.8, 4) is 51.6 Å². The van der Waals surface area contributed by atoms with Gasteiger partial charge in [0.2, 0.25) is 34.7 Å². The first-order valence-corrected chi connectivity index (χ1v) is 15.2. The van der Waals surface area contributed by atoms with Crippen molar-refractivity contribution in [1.82, 2.24) is 0 Å². The lowest BCUT2D eigenvalue weighted by Gasteiger charge is -2.41. The van der Waals surface area contributed by atoms with E-state index in [4.69, 9.17) is 52.2 Å². The Hall–Kier alpha value is -5.01. The second-order valence-electron chi connectivity index (χ2n) is 11.5. The molecule has 4 rings (SSSR count). The number of carboxylic acids is 1. The molecule has 0 amide bonds. The average molecular weight is 725 g/mol. The first-order chi connectivity index (χ1) is 24.2. The highest BCUT2D eigenvalue weighted by atomic mass is 16.7. The minimum absolute atomic E-state index is 0.0295. The minimum atomic E-state index is -2.03. The Morgan fingerprint density at radius 3 is 1.98 bits per heavy atom. The van der Waals surface area contributed by atoms with Crippen LogP contribution in [0.25, 0.3) is 22.3 Å². The van der Waals surface area contributed by atoms with Gasteiger partial charge >= 0.3 is 11.9 Å². The Kier molecular flexibility index (Phi) is 12.1. The van der Waals surface area contributed by atoms with Crippen LogP contribution in [0.1, 0.15) is 19.8 Å². The lowest BCUT2D eigenvalue weighted by molar-refractivity contribution is -0.282. The normalized spacial score (nSPS) is 21.3. The molecule has 1 aromatic heterocycles. The van der Waals surface area contributed by atoms with E-state index >= 15 is 0 Å². The molecule has 1 aliphatic rings. The maximum atomic E-state index is 14.5. The number of ether oxygens (including phenoxy) is 9. The third-order valence-electron chi connectivity index (χ3n) is 7.96. The number of carbonyl (C=O) groups is 2. The number of esters is 1. The monoisotopic (exact) mass is 724 g/mol. The summed E-state index contributed by atoms with van der Waals surface area (Å²) in [5.74, 6) is -2.97. The van der Waals surface area contributed by atoms with Crippen LogP contribution < -0.4 is 38.6 Å². The average Bonchev–Trinajstić information content (AvgIpc) is 3.09. The van der Waals surface area contributed by atoms with Crippen LogP contribution in [0.15, 0.2) is 27.4 Å². The molecule has 0 saturated carbocycles. The van der Waals surface area contributed by atoms with Crippen LogP contribution in [-0.4, -0.2) is 123 Å². The molecule has 0 unspecified atom stereocenters. The van der Waals surface area contributed by atoms with Crippen molar-refractivity contribution in [3.63, 3.8) is 0 Å². The van der Waals surface area contributed by atoms with Gasteiger partial charge < -0.3 is 72.6 Å². The summed E-state index contributed by atoms with van der Waals surface area (Å²) >= 11 is 0. The predicted octanol–water partition coefficient (Wildman–Crippen LogP) is 0.857. The molecule has 0 radical (unpaired) electrons. The maximum absolute atomic E-state index is 14.5. The van der Waals surface area contributed by atoms with Crippen LogP contribution in [0.4, 0.5) is 0 Å². The summed E-state index contributed by atoms with van der Waals surface area (Å²) in [5, 5.41) is 51.4. The van der Waals surface area contributed by atoms with Crippen LogP contribution in [-0.2, 0) is 19.1 Å². The number of rotatable bonds is 15. The van der Waals surface area contributed by atoms with Gasteiger partial charge in [-0.3, -0.25) is 14.4 Å². The van der Waals surface area contributed by atoms with Crippen molar-refractivity contribution in [2.75, 3.05) is 49.3 Å². The number of aliphatic carboxylic acids is 1. The summed E-state index contributed by atoms with van der Waals surface area (Å²) in [4.78, 5) is 38.2. The van der Waals surface area contributed by atoms with Crippen LogP contribution in [0.3, 0.4) is 0 Å². The summed E-state index contributed by atoms with van der Waals surface area (Å²) in [6.45, 7) is 0.212. The molecule has 6 atom stereocenters. The molecule has 1 saturated heterocycles. The lowest BCUT2D eigenvalue weighted by Crippen LogP contribution is -2.61. The molecule has 0 bridgehead atoms. The topological polar surface area (TPSA) is 249 Å². The van der Waals surface area contributed by atoms with Crippen molar-refractivity contribution >= 4 is 22.9 Å². The van der Waals surface area contributed by atoms with E-state index < -0.39 is 78.9 Å². The first kappa shape index (κ1) is 38.8. The van der Waals surface area contributed by atoms with Crippen LogP contribution >= 0.6 is 0 Å². The van der Waals surface area contributed by atoms with Crippen LogP contribution in [0.5, 0.6) is 40.2 Å². The fraction of sp³-hybridized carbons (Fsp3) is 0.485. The summed E-state index contributed by atoms with van der Waals surface area (Å²) < 4.78 is 56.1. The number of benzene rings is 2. The van der Waals surface area contributed by atoms with E-state index in [1.807, 2.05) is 0 Å². The molecule has 0 spiro atoms. The number of hydrogen-bond acceptors (Lipinski definition) is 17. The van der Waals surface area contributed by atoms with Gasteiger partial charge in [-0.05, 0) is 25.1 Å². The molecule has 2 heterocycles. The van der Waals surface area contributed by atoms with E-state index in [9.17, 15) is 34.8 Å². The second-order valence-corrected chi connectivity index (χ2v) is 11.5. The number of carboxylic acid groups (broad SMARTS) is 1. The molecule has 0 aliphatic carbocycles. The van der Waals surface area contributed by atoms with Gasteiger partial charge in [0.25, 0.3) is 0 Å². The van der Waals surface area contributed by atoms with Gasteiger partial charge in [-0.2, -0.15) is 0 Å². The molecular weight excluding hydrogens is 684 g/mol.